The molecular weight excluding hydrogens is 222 g/mol. The molecule has 1 N–H and O–H groups in total. The normalized spacial score (nSPS) is 10.4. The Kier molecular flexibility index (Phi) is 6.18. The molecule has 1 rings (SSSR count). The van der Waals surface area contributed by atoms with Crippen LogP contribution in [-0.2, 0) is 11.2 Å². The highest BCUT2D eigenvalue weighted by atomic mass is 32.2. The van der Waals surface area contributed by atoms with E-state index in [0.717, 1.165) is 41.9 Å². The van der Waals surface area contributed by atoms with Gasteiger partial charge < -0.3 is 10.1 Å². The Morgan fingerprint density at radius 1 is 1.44 bits per heavy atom. The summed E-state index contributed by atoms with van der Waals surface area (Å²) < 4.78 is 5.02. The summed E-state index contributed by atoms with van der Waals surface area (Å²) in [5.41, 5.74) is 0. The van der Waals surface area contributed by atoms with Gasteiger partial charge in [0.25, 0.3) is 0 Å². The van der Waals surface area contributed by atoms with E-state index < -0.39 is 0 Å². The van der Waals surface area contributed by atoms with Gasteiger partial charge in [0.1, 0.15) is 16.7 Å². The highest BCUT2D eigenvalue weighted by Crippen LogP contribution is 2.18. The number of aromatic nitrogens is 2. The maximum Gasteiger partial charge on any atom is 0.132 e. The van der Waals surface area contributed by atoms with Crippen molar-refractivity contribution in [1.29, 1.82) is 0 Å². The summed E-state index contributed by atoms with van der Waals surface area (Å²) >= 11 is 1.70. The van der Waals surface area contributed by atoms with E-state index in [9.17, 15) is 0 Å². The molecule has 0 spiro atoms. The van der Waals surface area contributed by atoms with Gasteiger partial charge in [-0.25, -0.2) is 9.97 Å². The van der Waals surface area contributed by atoms with Crippen molar-refractivity contribution in [2.24, 2.45) is 0 Å². The highest BCUT2D eigenvalue weighted by molar-refractivity contribution is 7.99. The number of rotatable bonds is 7. The van der Waals surface area contributed by atoms with Crippen molar-refractivity contribution < 1.29 is 4.74 Å². The number of thioether (sulfide) groups is 1. The van der Waals surface area contributed by atoms with Crippen LogP contribution >= 0.6 is 11.8 Å². The number of aryl methyl sites for hydroxylation is 1. The van der Waals surface area contributed by atoms with Crippen molar-refractivity contribution in [3.05, 3.63) is 11.9 Å². The van der Waals surface area contributed by atoms with Gasteiger partial charge >= 0.3 is 0 Å². The van der Waals surface area contributed by atoms with E-state index in [1.807, 2.05) is 13.1 Å². The Bertz CT molecular complexity index is 320. The molecule has 0 bridgehead atoms. The standard InChI is InChI=1S/C11H19N3OS/c1-4-5-9-13-10(12-2)8-11(14-9)16-7-6-15-3/h8H,4-7H2,1-3H3,(H,12,13,14). The molecule has 0 saturated carbocycles. The number of nitrogens with zero attached hydrogens (tertiary/aromatic N) is 2. The summed E-state index contributed by atoms with van der Waals surface area (Å²) in [5.74, 6) is 2.72. The fourth-order valence-electron chi connectivity index (χ4n) is 1.24. The summed E-state index contributed by atoms with van der Waals surface area (Å²) in [7, 11) is 3.59. The molecule has 1 aromatic rings. The molecule has 1 aromatic heterocycles. The highest BCUT2D eigenvalue weighted by Gasteiger charge is 2.03. The van der Waals surface area contributed by atoms with E-state index in [4.69, 9.17) is 4.74 Å². The van der Waals surface area contributed by atoms with Crippen molar-refractivity contribution in [2.45, 2.75) is 24.8 Å². The summed E-state index contributed by atoms with van der Waals surface area (Å²) in [6.45, 7) is 2.87. The third-order valence-corrected chi connectivity index (χ3v) is 2.89. The molecule has 0 amide bonds. The van der Waals surface area contributed by atoms with Gasteiger partial charge in [-0.3, -0.25) is 0 Å². The van der Waals surface area contributed by atoms with Crippen molar-refractivity contribution in [3.63, 3.8) is 0 Å². The minimum atomic E-state index is 0.743. The minimum absolute atomic E-state index is 0.743. The van der Waals surface area contributed by atoms with E-state index >= 15 is 0 Å². The van der Waals surface area contributed by atoms with Gasteiger partial charge in [0.05, 0.1) is 6.61 Å². The SMILES string of the molecule is CCCc1nc(NC)cc(SCCOC)n1. The molecule has 5 heteroatoms. The van der Waals surface area contributed by atoms with Gasteiger partial charge in [0.2, 0.25) is 0 Å². The number of hydrogen-bond acceptors (Lipinski definition) is 5. The predicted octanol–water partition coefficient (Wildman–Crippen LogP) is 2.21. The summed E-state index contributed by atoms with van der Waals surface area (Å²) in [4.78, 5) is 8.90. The second-order valence-electron chi connectivity index (χ2n) is 3.35. The molecule has 0 unspecified atom stereocenters. The molecule has 1 heterocycles. The number of nitrogens with one attached hydrogen (secondary N) is 1. The van der Waals surface area contributed by atoms with Crippen LogP contribution in [0.4, 0.5) is 5.82 Å². The van der Waals surface area contributed by atoms with E-state index in [0.29, 0.717) is 0 Å². The van der Waals surface area contributed by atoms with E-state index in [1.54, 1.807) is 18.9 Å². The van der Waals surface area contributed by atoms with Gasteiger partial charge in [0, 0.05) is 32.4 Å². The molecule has 0 atom stereocenters. The molecule has 0 aliphatic heterocycles. The minimum Gasteiger partial charge on any atom is -0.384 e. The lowest BCUT2D eigenvalue weighted by molar-refractivity contribution is 0.218. The molecule has 0 aliphatic rings. The molecule has 0 aromatic carbocycles. The fourth-order valence-corrected chi connectivity index (χ4v) is 2.06. The first-order valence-electron chi connectivity index (χ1n) is 5.47. The van der Waals surface area contributed by atoms with Gasteiger partial charge in [0.15, 0.2) is 0 Å². The molecule has 0 aliphatic carbocycles. The first-order valence-corrected chi connectivity index (χ1v) is 6.46. The second kappa shape index (κ2) is 7.46. The lowest BCUT2D eigenvalue weighted by atomic mass is 10.3. The Hall–Kier alpha value is -0.810. The maximum absolute atomic E-state index is 5.02. The Labute approximate surface area is 101 Å². The predicted molar refractivity (Wildman–Crippen MR) is 68.2 cm³/mol. The zero-order valence-corrected chi connectivity index (χ0v) is 10.9. The fraction of sp³-hybridized carbons (Fsp3) is 0.636. The number of methoxy groups -OCH3 is 1. The quantitative estimate of drug-likeness (QED) is 0.450. The monoisotopic (exact) mass is 241 g/mol. The number of anilines is 1. The summed E-state index contributed by atoms with van der Waals surface area (Å²) in [5, 5.41) is 4.07. The van der Waals surface area contributed by atoms with Gasteiger partial charge in [-0.1, -0.05) is 6.92 Å². The molecule has 16 heavy (non-hydrogen) atoms. The van der Waals surface area contributed by atoms with Crippen LogP contribution in [0.1, 0.15) is 19.2 Å². The van der Waals surface area contributed by atoms with Crippen molar-refractivity contribution in [3.8, 4) is 0 Å². The van der Waals surface area contributed by atoms with Gasteiger partial charge in [-0.05, 0) is 6.42 Å². The van der Waals surface area contributed by atoms with Crippen LogP contribution in [0, 0.1) is 0 Å². The molecule has 4 nitrogen and oxygen atoms in total. The average Bonchev–Trinajstić information content (AvgIpc) is 2.29. The van der Waals surface area contributed by atoms with Crippen LogP contribution < -0.4 is 5.32 Å². The van der Waals surface area contributed by atoms with Crippen LogP contribution in [-0.4, -0.2) is 36.5 Å². The van der Waals surface area contributed by atoms with Gasteiger partial charge in [-0.15, -0.1) is 11.8 Å². The Balaban J connectivity index is 2.69. The third kappa shape index (κ3) is 4.37. The Morgan fingerprint density at radius 3 is 2.88 bits per heavy atom. The first-order chi connectivity index (χ1) is 7.80. The van der Waals surface area contributed by atoms with Crippen LogP contribution in [0.2, 0.25) is 0 Å². The van der Waals surface area contributed by atoms with Crippen LogP contribution in [0.25, 0.3) is 0 Å². The van der Waals surface area contributed by atoms with Crippen molar-refractivity contribution in [1.82, 2.24) is 9.97 Å². The molecule has 0 radical (unpaired) electrons. The van der Waals surface area contributed by atoms with Crippen LogP contribution in [0.5, 0.6) is 0 Å². The lowest BCUT2D eigenvalue weighted by Gasteiger charge is -2.06. The number of hydrogen-bond donors (Lipinski definition) is 1. The zero-order chi connectivity index (χ0) is 11.8. The average molecular weight is 241 g/mol. The largest absolute Gasteiger partial charge is 0.384 e. The third-order valence-electron chi connectivity index (χ3n) is 2.02. The second-order valence-corrected chi connectivity index (χ2v) is 4.46. The molecular formula is C11H19N3OS. The van der Waals surface area contributed by atoms with E-state index in [-0.39, 0.29) is 0 Å². The summed E-state index contributed by atoms with van der Waals surface area (Å²) in [6, 6.07) is 1.97. The maximum atomic E-state index is 5.02. The topological polar surface area (TPSA) is 47.0 Å². The first kappa shape index (κ1) is 13.3. The number of ether oxygens (including phenoxy) is 1. The van der Waals surface area contributed by atoms with Crippen molar-refractivity contribution in [2.75, 3.05) is 31.8 Å². The zero-order valence-electron chi connectivity index (χ0n) is 10.1. The van der Waals surface area contributed by atoms with E-state index in [2.05, 4.69) is 22.2 Å². The summed E-state index contributed by atoms with van der Waals surface area (Å²) in [6.07, 6.45) is 1.99. The van der Waals surface area contributed by atoms with Crippen LogP contribution in [0.15, 0.2) is 11.1 Å². The van der Waals surface area contributed by atoms with Crippen LogP contribution in [0.3, 0.4) is 0 Å². The molecule has 0 fully saturated rings. The van der Waals surface area contributed by atoms with Crippen molar-refractivity contribution >= 4 is 17.6 Å². The lowest BCUT2D eigenvalue weighted by Crippen LogP contribution is -2.02. The van der Waals surface area contributed by atoms with Gasteiger partial charge in [-0.2, -0.15) is 0 Å². The smallest absolute Gasteiger partial charge is 0.132 e. The Morgan fingerprint density at radius 2 is 2.25 bits per heavy atom. The molecule has 90 valence electrons. The molecule has 0 saturated heterocycles. The van der Waals surface area contributed by atoms with E-state index in [1.165, 1.54) is 0 Å².